The summed E-state index contributed by atoms with van der Waals surface area (Å²) >= 11 is 0. The van der Waals surface area contributed by atoms with E-state index in [9.17, 15) is 4.79 Å². The van der Waals surface area contributed by atoms with Crippen LogP contribution in [0.4, 0.5) is 0 Å². The zero-order valence-electron chi connectivity index (χ0n) is 15.7. The first-order chi connectivity index (χ1) is 12.3. The number of nitrogens with zero attached hydrogens (tertiary/aromatic N) is 1. The van der Waals surface area contributed by atoms with Crippen molar-refractivity contribution in [3.8, 4) is 5.75 Å². The Morgan fingerprint density at radius 1 is 1.12 bits per heavy atom. The Bertz CT molecular complexity index is 472. The van der Waals surface area contributed by atoms with Gasteiger partial charge < -0.3 is 15.0 Å². The zero-order chi connectivity index (χ0) is 17.7. The Hall–Kier alpha value is -1.55. The molecule has 4 heteroatoms. The number of hydrogen-bond donors (Lipinski definition) is 1. The van der Waals surface area contributed by atoms with E-state index in [1.165, 1.54) is 51.5 Å². The number of nitrogens with one attached hydrogen (secondary N) is 1. The van der Waals surface area contributed by atoms with Crippen LogP contribution in [0.15, 0.2) is 30.3 Å². The first kappa shape index (κ1) is 19.8. The van der Waals surface area contributed by atoms with Crippen molar-refractivity contribution in [1.29, 1.82) is 0 Å². The van der Waals surface area contributed by atoms with Crippen molar-refractivity contribution in [3.63, 3.8) is 0 Å². The number of para-hydroxylation sites is 1. The highest BCUT2D eigenvalue weighted by atomic mass is 16.5. The molecule has 1 amide bonds. The molecule has 0 radical (unpaired) electrons. The Kier molecular flexibility index (Phi) is 9.42. The predicted molar refractivity (Wildman–Crippen MR) is 103 cm³/mol. The third-order valence-corrected chi connectivity index (χ3v) is 5.05. The number of amides is 1. The second-order valence-corrected chi connectivity index (χ2v) is 7.09. The second-order valence-electron chi connectivity index (χ2n) is 7.09. The summed E-state index contributed by atoms with van der Waals surface area (Å²) in [5.41, 5.74) is 0. The van der Waals surface area contributed by atoms with Gasteiger partial charge in [0, 0.05) is 12.6 Å². The molecule has 1 aliphatic carbocycles. The summed E-state index contributed by atoms with van der Waals surface area (Å²) in [7, 11) is 2.27. The van der Waals surface area contributed by atoms with Crippen LogP contribution in [0.3, 0.4) is 0 Å². The lowest BCUT2D eigenvalue weighted by Gasteiger charge is -2.31. The number of carbonyl (C=O) groups excluding carboxylic acids is 1. The number of unbranched alkanes of at least 4 members (excludes halogenated alkanes) is 2. The van der Waals surface area contributed by atoms with Gasteiger partial charge in [0.05, 0.1) is 13.0 Å². The number of hydrogen-bond acceptors (Lipinski definition) is 3. The van der Waals surface area contributed by atoms with Crippen LogP contribution in [0, 0.1) is 0 Å². The van der Waals surface area contributed by atoms with E-state index in [1.54, 1.807) is 0 Å². The molecule has 25 heavy (non-hydrogen) atoms. The fraction of sp³-hybridized carbons (Fsp3) is 0.667. The van der Waals surface area contributed by atoms with Crippen LogP contribution in [0.25, 0.3) is 0 Å². The third kappa shape index (κ3) is 8.39. The third-order valence-electron chi connectivity index (χ3n) is 5.05. The van der Waals surface area contributed by atoms with E-state index in [-0.39, 0.29) is 5.91 Å². The van der Waals surface area contributed by atoms with Gasteiger partial charge in [0.2, 0.25) is 5.91 Å². The van der Waals surface area contributed by atoms with Crippen LogP contribution in [0.5, 0.6) is 5.75 Å². The van der Waals surface area contributed by atoms with E-state index < -0.39 is 0 Å². The number of carbonyl (C=O) groups is 1. The van der Waals surface area contributed by atoms with Gasteiger partial charge in [-0.1, -0.05) is 43.9 Å². The Morgan fingerprint density at radius 2 is 1.88 bits per heavy atom. The fourth-order valence-electron chi connectivity index (χ4n) is 3.46. The lowest BCUT2D eigenvalue weighted by molar-refractivity contribution is -0.121. The molecule has 0 atom stereocenters. The summed E-state index contributed by atoms with van der Waals surface area (Å²) in [5.74, 6) is 0.896. The van der Waals surface area contributed by atoms with Crippen molar-refractivity contribution < 1.29 is 9.53 Å². The van der Waals surface area contributed by atoms with Crippen molar-refractivity contribution in [2.75, 3.05) is 26.7 Å². The molecular formula is C21H34N2O2. The average molecular weight is 347 g/mol. The van der Waals surface area contributed by atoms with Crippen LogP contribution in [0.1, 0.15) is 57.8 Å². The van der Waals surface area contributed by atoms with Crippen LogP contribution in [0.2, 0.25) is 0 Å². The molecule has 0 heterocycles. The maximum absolute atomic E-state index is 11.8. The minimum absolute atomic E-state index is 0.0789. The molecule has 1 saturated carbocycles. The smallest absolute Gasteiger partial charge is 0.223 e. The van der Waals surface area contributed by atoms with E-state index in [0.717, 1.165) is 24.8 Å². The molecule has 4 nitrogen and oxygen atoms in total. The quantitative estimate of drug-likeness (QED) is 0.616. The van der Waals surface area contributed by atoms with E-state index in [0.29, 0.717) is 13.0 Å². The molecule has 0 bridgehead atoms. The molecular weight excluding hydrogens is 312 g/mol. The average Bonchev–Trinajstić information content (AvgIpc) is 2.66. The summed E-state index contributed by atoms with van der Waals surface area (Å²) < 4.78 is 5.54. The minimum Gasteiger partial charge on any atom is -0.493 e. The van der Waals surface area contributed by atoms with Gasteiger partial charge in [0.25, 0.3) is 0 Å². The van der Waals surface area contributed by atoms with Gasteiger partial charge in [0.15, 0.2) is 0 Å². The molecule has 1 N–H and O–H groups in total. The lowest BCUT2D eigenvalue weighted by Crippen LogP contribution is -2.34. The molecule has 0 saturated heterocycles. The van der Waals surface area contributed by atoms with Gasteiger partial charge in [-0.2, -0.15) is 0 Å². The Labute approximate surface area is 152 Å². The van der Waals surface area contributed by atoms with Gasteiger partial charge >= 0.3 is 0 Å². The van der Waals surface area contributed by atoms with E-state index in [4.69, 9.17) is 4.74 Å². The molecule has 1 aromatic carbocycles. The number of ether oxygens (including phenoxy) is 1. The maximum atomic E-state index is 11.8. The summed E-state index contributed by atoms with van der Waals surface area (Å²) in [5, 5.41) is 2.99. The molecule has 1 aliphatic rings. The SMILES string of the molecule is CN(CCCCCNC(=O)CCOc1ccccc1)C1CCCCC1. The van der Waals surface area contributed by atoms with E-state index in [2.05, 4.69) is 17.3 Å². The molecule has 0 spiro atoms. The van der Waals surface area contributed by atoms with Crippen molar-refractivity contribution in [2.24, 2.45) is 0 Å². The summed E-state index contributed by atoms with van der Waals surface area (Å²) in [6, 6.07) is 10.4. The van der Waals surface area contributed by atoms with E-state index in [1.807, 2.05) is 30.3 Å². The summed E-state index contributed by atoms with van der Waals surface area (Å²) in [4.78, 5) is 14.3. The fourth-order valence-corrected chi connectivity index (χ4v) is 3.46. The van der Waals surface area contributed by atoms with Crippen LogP contribution in [-0.2, 0) is 4.79 Å². The highest BCUT2D eigenvalue weighted by Crippen LogP contribution is 2.21. The van der Waals surface area contributed by atoms with Crippen LogP contribution >= 0.6 is 0 Å². The first-order valence-electron chi connectivity index (χ1n) is 9.90. The Balaban J connectivity index is 1.42. The van der Waals surface area contributed by atoms with E-state index >= 15 is 0 Å². The van der Waals surface area contributed by atoms with Gasteiger partial charge in [-0.3, -0.25) is 4.79 Å². The zero-order valence-corrected chi connectivity index (χ0v) is 15.7. The number of rotatable bonds is 11. The highest BCUT2D eigenvalue weighted by Gasteiger charge is 2.17. The number of benzene rings is 1. The highest BCUT2D eigenvalue weighted by molar-refractivity contribution is 5.75. The maximum Gasteiger partial charge on any atom is 0.223 e. The Morgan fingerprint density at radius 3 is 2.64 bits per heavy atom. The largest absolute Gasteiger partial charge is 0.493 e. The normalized spacial score (nSPS) is 15.3. The van der Waals surface area contributed by atoms with Crippen molar-refractivity contribution >= 4 is 5.91 Å². The lowest BCUT2D eigenvalue weighted by atomic mass is 9.94. The standard InChI is InChI=1S/C21H34N2O2/c1-23(19-11-5-2-6-12-19)17-10-4-9-16-22-21(24)15-18-25-20-13-7-3-8-14-20/h3,7-8,13-14,19H,2,4-6,9-12,15-18H2,1H3,(H,22,24). The molecule has 0 unspecified atom stereocenters. The second kappa shape index (κ2) is 11.9. The molecule has 1 fully saturated rings. The molecule has 0 aromatic heterocycles. The van der Waals surface area contributed by atoms with Crippen molar-refractivity contribution in [1.82, 2.24) is 10.2 Å². The minimum atomic E-state index is 0.0789. The van der Waals surface area contributed by atoms with Crippen molar-refractivity contribution in [3.05, 3.63) is 30.3 Å². The molecule has 140 valence electrons. The molecule has 2 rings (SSSR count). The first-order valence-corrected chi connectivity index (χ1v) is 9.90. The summed E-state index contributed by atoms with van der Waals surface area (Å²) in [6.07, 6.45) is 10.8. The van der Waals surface area contributed by atoms with Gasteiger partial charge in [0.1, 0.15) is 5.75 Å². The van der Waals surface area contributed by atoms with Gasteiger partial charge in [-0.25, -0.2) is 0 Å². The molecule has 0 aliphatic heterocycles. The van der Waals surface area contributed by atoms with Crippen LogP contribution in [-0.4, -0.2) is 43.6 Å². The van der Waals surface area contributed by atoms with Crippen molar-refractivity contribution in [2.45, 2.75) is 63.8 Å². The predicted octanol–water partition coefficient (Wildman–Crippen LogP) is 4.01. The molecule has 1 aromatic rings. The van der Waals surface area contributed by atoms with Gasteiger partial charge in [-0.05, 0) is 51.4 Å². The van der Waals surface area contributed by atoms with Crippen LogP contribution < -0.4 is 10.1 Å². The monoisotopic (exact) mass is 346 g/mol. The van der Waals surface area contributed by atoms with Gasteiger partial charge in [-0.15, -0.1) is 0 Å². The topological polar surface area (TPSA) is 41.6 Å². The summed E-state index contributed by atoms with van der Waals surface area (Å²) in [6.45, 7) is 2.39.